The molecule has 0 aliphatic carbocycles. The SMILES string of the molecule is CC(=O)CCSC(=S)SCc1ccccc1. The molecule has 1 nitrogen and oxygen atoms in total. The Morgan fingerprint density at radius 1 is 1.25 bits per heavy atom. The first-order chi connectivity index (χ1) is 7.68. The molecule has 0 heterocycles. The molecule has 0 radical (unpaired) electrons. The van der Waals surface area contributed by atoms with E-state index in [0.717, 1.165) is 15.0 Å². The van der Waals surface area contributed by atoms with Crippen molar-refractivity contribution < 1.29 is 4.79 Å². The average molecular weight is 270 g/mol. The van der Waals surface area contributed by atoms with E-state index in [9.17, 15) is 4.79 Å². The zero-order valence-electron chi connectivity index (χ0n) is 9.14. The summed E-state index contributed by atoms with van der Waals surface area (Å²) in [6.45, 7) is 1.61. The summed E-state index contributed by atoms with van der Waals surface area (Å²) in [7, 11) is 0. The lowest BCUT2D eigenvalue weighted by Crippen LogP contribution is -1.94. The van der Waals surface area contributed by atoms with E-state index in [1.807, 2.05) is 18.2 Å². The minimum absolute atomic E-state index is 0.225. The van der Waals surface area contributed by atoms with Crippen LogP contribution in [0.2, 0.25) is 0 Å². The third-order valence-corrected chi connectivity index (χ3v) is 4.65. The van der Waals surface area contributed by atoms with E-state index in [-0.39, 0.29) is 5.78 Å². The molecule has 0 amide bonds. The summed E-state index contributed by atoms with van der Waals surface area (Å²) in [6.07, 6.45) is 0.608. The number of hydrogen-bond donors (Lipinski definition) is 0. The van der Waals surface area contributed by atoms with Gasteiger partial charge in [0.2, 0.25) is 0 Å². The lowest BCUT2D eigenvalue weighted by molar-refractivity contribution is -0.116. The Morgan fingerprint density at radius 3 is 2.56 bits per heavy atom. The molecule has 0 saturated carbocycles. The summed E-state index contributed by atoms with van der Waals surface area (Å²) in [5.74, 6) is 1.94. The van der Waals surface area contributed by atoms with Crippen LogP contribution in [0.5, 0.6) is 0 Å². The molecule has 0 saturated heterocycles. The monoisotopic (exact) mass is 270 g/mol. The zero-order chi connectivity index (χ0) is 11.8. The van der Waals surface area contributed by atoms with Gasteiger partial charge in [0.15, 0.2) is 0 Å². The van der Waals surface area contributed by atoms with Crippen molar-refractivity contribution in [2.24, 2.45) is 0 Å². The molecular weight excluding hydrogens is 256 g/mol. The summed E-state index contributed by atoms with van der Waals surface area (Å²) in [5, 5.41) is 0. The van der Waals surface area contributed by atoms with Crippen molar-refractivity contribution in [1.29, 1.82) is 0 Å². The highest BCUT2D eigenvalue weighted by atomic mass is 32.2. The standard InChI is InChI=1S/C12H14OS3/c1-10(13)7-8-15-12(14)16-9-11-5-3-2-4-6-11/h2-6H,7-9H2,1H3. The number of Topliss-reactive ketones (excluding diaryl/α,β-unsaturated/α-hetero) is 1. The van der Waals surface area contributed by atoms with Crippen LogP contribution in [0, 0.1) is 0 Å². The van der Waals surface area contributed by atoms with E-state index in [0.29, 0.717) is 6.42 Å². The van der Waals surface area contributed by atoms with E-state index in [4.69, 9.17) is 12.2 Å². The molecule has 0 spiro atoms. The smallest absolute Gasteiger partial charge is 0.130 e. The molecule has 0 atom stereocenters. The lowest BCUT2D eigenvalue weighted by Gasteiger charge is -2.02. The van der Waals surface area contributed by atoms with Crippen molar-refractivity contribution >= 4 is 45.1 Å². The minimum atomic E-state index is 0.225. The van der Waals surface area contributed by atoms with Gasteiger partial charge in [-0.2, -0.15) is 0 Å². The number of rotatable bonds is 5. The van der Waals surface area contributed by atoms with E-state index < -0.39 is 0 Å². The topological polar surface area (TPSA) is 17.1 Å². The summed E-state index contributed by atoms with van der Waals surface area (Å²) < 4.78 is 0.921. The number of benzene rings is 1. The number of carbonyl (C=O) groups excluding carboxylic acids is 1. The molecule has 0 fully saturated rings. The summed E-state index contributed by atoms with van der Waals surface area (Å²) in [5.41, 5.74) is 1.28. The molecule has 0 aliphatic rings. The van der Waals surface area contributed by atoms with Gasteiger partial charge in [-0.25, -0.2) is 0 Å². The molecule has 1 aromatic rings. The third kappa shape index (κ3) is 6.30. The lowest BCUT2D eigenvalue weighted by atomic mass is 10.2. The maximum absolute atomic E-state index is 10.7. The molecule has 0 aliphatic heterocycles. The van der Waals surface area contributed by atoms with E-state index in [1.54, 1.807) is 30.4 Å². The number of thioether (sulfide) groups is 2. The predicted molar refractivity (Wildman–Crippen MR) is 78.1 cm³/mol. The van der Waals surface area contributed by atoms with Gasteiger partial charge < -0.3 is 0 Å². The normalized spacial score (nSPS) is 10.1. The fraction of sp³-hybridized carbons (Fsp3) is 0.333. The summed E-state index contributed by atoms with van der Waals surface area (Å²) in [4.78, 5) is 10.7. The first-order valence-electron chi connectivity index (χ1n) is 5.01. The van der Waals surface area contributed by atoms with Gasteiger partial charge in [0.1, 0.15) is 9.31 Å². The molecule has 0 N–H and O–H groups in total. The quantitative estimate of drug-likeness (QED) is 0.754. The van der Waals surface area contributed by atoms with Gasteiger partial charge in [-0.1, -0.05) is 42.5 Å². The van der Waals surface area contributed by atoms with Gasteiger partial charge >= 0.3 is 0 Å². The first-order valence-corrected chi connectivity index (χ1v) is 7.39. The van der Waals surface area contributed by atoms with Gasteiger partial charge in [-0.15, -0.1) is 23.5 Å². The van der Waals surface area contributed by atoms with Crippen LogP contribution in [0.15, 0.2) is 30.3 Å². The molecule has 0 aromatic heterocycles. The highest BCUT2D eigenvalue weighted by molar-refractivity contribution is 8.46. The molecule has 86 valence electrons. The highest BCUT2D eigenvalue weighted by Gasteiger charge is 2.01. The molecule has 1 rings (SSSR count). The van der Waals surface area contributed by atoms with Crippen molar-refractivity contribution in [2.45, 2.75) is 19.1 Å². The van der Waals surface area contributed by atoms with Crippen molar-refractivity contribution in [3.63, 3.8) is 0 Å². The molecule has 4 heteroatoms. The van der Waals surface area contributed by atoms with Crippen molar-refractivity contribution in [2.75, 3.05) is 5.75 Å². The second-order valence-electron chi connectivity index (χ2n) is 3.32. The number of ketones is 1. The van der Waals surface area contributed by atoms with Gasteiger partial charge in [0, 0.05) is 17.9 Å². The second-order valence-corrected chi connectivity index (χ2v) is 6.60. The van der Waals surface area contributed by atoms with Crippen LogP contribution in [-0.2, 0) is 10.5 Å². The Kier molecular flexibility index (Phi) is 6.76. The zero-order valence-corrected chi connectivity index (χ0v) is 11.6. The van der Waals surface area contributed by atoms with E-state index >= 15 is 0 Å². The van der Waals surface area contributed by atoms with Crippen LogP contribution in [0.3, 0.4) is 0 Å². The predicted octanol–water partition coefficient (Wildman–Crippen LogP) is 3.92. The molecule has 0 unspecified atom stereocenters. The Morgan fingerprint density at radius 2 is 1.94 bits per heavy atom. The maximum atomic E-state index is 10.7. The maximum Gasteiger partial charge on any atom is 0.130 e. The number of hydrogen-bond acceptors (Lipinski definition) is 4. The van der Waals surface area contributed by atoms with Gasteiger partial charge in [-0.05, 0) is 12.5 Å². The van der Waals surface area contributed by atoms with Crippen LogP contribution in [-0.4, -0.2) is 15.1 Å². The Labute approximate surface area is 110 Å². The Balaban J connectivity index is 2.18. The fourth-order valence-electron chi connectivity index (χ4n) is 1.04. The van der Waals surface area contributed by atoms with Crippen LogP contribution in [0.1, 0.15) is 18.9 Å². The molecule has 0 bridgehead atoms. The molecule has 1 aromatic carbocycles. The van der Waals surface area contributed by atoms with Crippen molar-refractivity contribution in [1.82, 2.24) is 0 Å². The van der Waals surface area contributed by atoms with E-state index in [1.165, 1.54) is 5.56 Å². The van der Waals surface area contributed by atoms with Crippen LogP contribution < -0.4 is 0 Å². The largest absolute Gasteiger partial charge is 0.300 e. The van der Waals surface area contributed by atoms with E-state index in [2.05, 4.69) is 12.1 Å². The van der Waals surface area contributed by atoms with Crippen LogP contribution in [0.4, 0.5) is 0 Å². The Hall–Kier alpha value is -0.320. The summed E-state index contributed by atoms with van der Waals surface area (Å²) >= 11 is 8.48. The Bertz CT molecular complexity index is 349. The molecule has 16 heavy (non-hydrogen) atoms. The van der Waals surface area contributed by atoms with Gasteiger partial charge in [0.05, 0.1) is 0 Å². The number of carbonyl (C=O) groups is 1. The average Bonchev–Trinajstić information content (AvgIpc) is 2.27. The molecular formula is C12H14OS3. The number of thiocarbonyl (C=S) groups is 1. The highest BCUT2D eigenvalue weighted by Crippen LogP contribution is 2.22. The van der Waals surface area contributed by atoms with Crippen molar-refractivity contribution in [3.05, 3.63) is 35.9 Å². The van der Waals surface area contributed by atoms with Gasteiger partial charge in [0.25, 0.3) is 0 Å². The van der Waals surface area contributed by atoms with Crippen LogP contribution in [0.25, 0.3) is 0 Å². The van der Waals surface area contributed by atoms with Gasteiger partial charge in [-0.3, -0.25) is 4.79 Å². The fourth-order valence-corrected chi connectivity index (χ4v) is 3.26. The summed E-state index contributed by atoms with van der Waals surface area (Å²) in [6, 6.07) is 10.3. The first kappa shape index (κ1) is 13.7. The van der Waals surface area contributed by atoms with Crippen molar-refractivity contribution in [3.8, 4) is 0 Å². The third-order valence-electron chi connectivity index (χ3n) is 1.87. The van der Waals surface area contributed by atoms with Crippen LogP contribution >= 0.6 is 35.7 Å². The second kappa shape index (κ2) is 7.87. The minimum Gasteiger partial charge on any atom is -0.300 e.